The lowest BCUT2D eigenvalue weighted by Crippen LogP contribution is -2.35. The van der Waals surface area contributed by atoms with Crippen molar-refractivity contribution in [2.24, 2.45) is 5.41 Å². The summed E-state index contributed by atoms with van der Waals surface area (Å²) in [6.45, 7) is 5.06. The first-order chi connectivity index (χ1) is 8.30. The topological polar surface area (TPSA) is 43.4 Å². The van der Waals surface area contributed by atoms with Crippen LogP contribution >= 0.6 is 27.5 Å². The first kappa shape index (κ1) is 15.2. The summed E-state index contributed by atoms with van der Waals surface area (Å²) in [7, 11) is 0. The fraction of sp³-hybridized carbons (Fsp3) is 0.385. The molecule has 1 aromatic rings. The standard InChI is InChI=1S/C13H14BrClO3/c1-4-18-12(17)13(2,3)11(16)8-5-6-10(15)9(14)7-8/h5-7H,4H2,1-3H3. The van der Waals surface area contributed by atoms with Gasteiger partial charge >= 0.3 is 5.97 Å². The van der Waals surface area contributed by atoms with Gasteiger partial charge in [0.25, 0.3) is 0 Å². The Labute approximate surface area is 120 Å². The number of hydrogen-bond acceptors (Lipinski definition) is 3. The van der Waals surface area contributed by atoms with Gasteiger partial charge in [-0.3, -0.25) is 9.59 Å². The molecule has 0 aliphatic rings. The Bertz CT molecular complexity index is 483. The maximum absolute atomic E-state index is 12.3. The van der Waals surface area contributed by atoms with Gasteiger partial charge in [0.2, 0.25) is 0 Å². The van der Waals surface area contributed by atoms with Crippen molar-refractivity contribution in [1.82, 2.24) is 0 Å². The molecule has 3 nitrogen and oxygen atoms in total. The second-order valence-corrected chi connectivity index (χ2v) is 5.57. The minimum atomic E-state index is -1.21. The average molecular weight is 334 g/mol. The Kier molecular flexibility index (Phi) is 4.93. The zero-order valence-electron chi connectivity index (χ0n) is 10.4. The Morgan fingerprint density at radius 1 is 1.39 bits per heavy atom. The van der Waals surface area contributed by atoms with Gasteiger partial charge in [0, 0.05) is 10.0 Å². The number of benzene rings is 1. The van der Waals surface area contributed by atoms with Gasteiger partial charge in [0.15, 0.2) is 5.78 Å². The highest BCUT2D eigenvalue weighted by molar-refractivity contribution is 9.10. The predicted octanol–water partition coefficient (Wildman–Crippen LogP) is 3.87. The van der Waals surface area contributed by atoms with Crippen LogP contribution in [-0.2, 0) is 9.53 Å². The third-order valence-corrected chi connectivity index (χ3v) is 3.75. The molecule has 18 heavy (non-hydrogen) atoms. The van der Waals surface area contributed by atoms with Gasteiger partial charge < -0.3 is 4.74 Å². The molecular formula is C13H14BrClO3. The summed E-state index contributed by atoms with van der Waals surface area (Å²) in [4.78, 5) is 24.0. The van der Waals surface area contributed by atoms with Crippen LogP contribution in [0, 0.1) is 5.41 Å². The third-order valence-electron chi connectivity index (χ3n) is 2.54. The average Bonchev–Trinajstić information content (AvgIpc) is 2.32. The molecule has 0 spiro atoms. The Balaban J connectivity index is 3.05. The van der Waals surface area contributed by atoms with E-state index in [1.54, 1.807) is 39.0 Å². The van der Waals surface area contributed by atoms with E-state index in [1.165, 1.54) is 0 Å². The van der Waals surface area contributed by atoms with Crippen LogP contribution in [0.1, 0.15) is 31.1 Å². The quantitative estimate of drug-likeness (QED) is 0.477. The highest BCUT2D eigenvalue weighted by Crippen LogP contribution is 2.28. The zero-order valence-corrected chi connectivity index (χ0v) is 12.8. The first-order valence-corrected chi connectivity index (χ1v) is 6.65. The molecular weight excluding hydrogens is 319 g/mol. The minimum absolute atomic E-state index is 0.250. The Morgan fingerprint density at radius 3 is 2.50 bits per heavy atom. The summed E-state index contributed by atoms with van der Waals surface area (Å²) in [6, 6.07) is 4.81. The van der Waals surface area contributed by atoms with Gasteiger partial charge in [-0.2, -0.15) is 0 Å². The monoisotopic (exact) mass is 332 g/mol. The van der Waals surface area contributed by atoms with E-state index in [4.69, 9.17) is 16.3 Å². The smallest absolute Gasteiger partial charge is 0.319 e. The molecule has 1 rings (SSSR count). The second-order valence-electron chi connectivity index (χ2n) is 4.30. The van der Waals surface area contributed by atoms with Crippen molar-refractivity contribution in [3.63, 3.8) is 0 Å². The van der Waals surface area contributed by atoms with Crippen LogP contribution in [-0.4, -0.2) is 18.4 Å². The summed E-state index contributed by atoms with van der Waals surface area (Å²) >= 11 is 9.11. The molecule has 0 aliphatic carbocycles. The van der Waals surface area contributed by atoms with E-state index in [-0.39, 0.29) is 12.4 Å². The van der Waals surface area contributed by atoms with E-state index in [0.717, 1.165) is 0 Å². The lowest BCUT2D eigenvalue weighted by molar-refractivity contribution is -0.150. The lowest BCUT2D eigenvalue weighted by atomic mass is 9.84. The number of carbonyl (C=O) groups is 2. The molecule has 0 bridgehead atoms. The number of halogens is 2. The van der Waals surface area contributed by atoms with Gasteiger partial charge in [-0.05, 0) is 54.9 Å². The molecule has 0 heterocycles. The predicted molar refractivity (Wildman–Crippen MR) is 73.9 cm³/mol. The van der Waals surface area contributed by atoms with E-state index < -0.39 is 11.4 Å². The molecule has 0 amide bonds. The number of carbonyl (C=O) groups excluding carboxylic acids is 2. The second kappa shape index (κ2) is 5.85. The number of esters is 1. The van der Waals surface area contributed by atoms with Crippen molar-refractivity contribution in [3.05, 3.63) is 33.3 Å². The number of ether oxygens (including phenoxy) is 1. The maximum Gasteiger partial charge on any atom is 0.319 e. The molecule has 0 aromatic heterocycles. The van der Waals surface area contributed by atoms with Crippen LogP contribution in [0.15, 0.2) is 22.7 Å². The molecule has 1 aromatic carbocycles. The van der Waals surface area contributed by atoms with Crippen LogP contribution in [0.3, 0.4) is 0 Å². The SMILES string of the molecule is CCOC(=O)C(C)(C)C(=O)c1ccc(Cl)c(Br)c1. The maximum atomic E-state index is 12.3. The molecule has 0 fully saturated rings. The molecule has 0 saturated heterocycles. The van der Waals surface area contributed by atoms with Gasteiger partial charge in [-0.15, -0.1) is 0 Å². The van der Waals surface area contributed by atoms with Crippen LogP contribution in [0.2, 0.25) is 5.02 Å². The Morgan fingerprint density at radius 2 is 2.00 bits per heavy atom. The Hall–Kier alpha value is -0.870. The highest BCUT2D eigenvalue weighted by atomic mass is 79.9. The molecule has 0 aliphatic heterocycles. The fourth-order valence-corrected chi connectivity index (χ4v) is 1.90. The van der Waals surface area contributed by atoms with E-state index in [2.05, 4.69) is 15.9 Å². The summed E-state index contributed by atoms with van der Waals surface area (Å²) in [5.74, 6) is -0.820. The highest BCUT2D eigenvalue weighted by Gasteiger charge is 2.38. The molecule has 0 radical (unpaired) electrons. The number of hydrogen-bond donors (Lipinski definition) is 0. The summed E-state index contributed by atoms with van der Waals surface area (Å²) in [5, 5.41) is 0.514. The van der Waals surface area contributed by atoms with Crippen molar-refractivity contribution >= 4 is 39.3 Å². The summed E-state index contributed by atoms with van der Waals surface area (Å²) in [5.41, 5.74) is -0.784. The third kappa shape index (κ3) is 3.12. The van der Waals surface area contributed by atoms with Gasteiger partial charge in [-0.1, -0.05) is 11.6 Å². The van der Waals surface area contributed by atoms with Crippen molar-refractivity contribution < 1.29 is 14.3 Å². The van der Waals surface area contributed by atoms with Crippen molar-refractivity contribution in [2.45, 2.75) is 20.8 Å². The van der Waals surface area contributed by atoms with Gasteiger partial charge in [0.05, 0.1) is 11.6 Å². The largest absolute Gasteiger partial charge is 0.465 e. The zero-order chi connectivity index (χ0) is 13.9. The minimum Gasteiger partial charge on any atom is -0.465 e. The van der Waals surface area contributed by atoms with Gasteiger partial charge in [-0.25, -0.2) is 0 Å². The first-order valence-electron chi connectivity index (χ1n) is 5.47. The summed E-state index contributed by atoms with van der Waals surface area (Å²) in [6.07, 6.45) is 0. The number of Topliss-reactive ketones (excluding diaryl/α,β-unsaturated/α-hetero) is 1. The van der Waals surface area contributed by atoms with E-state index in [0.29, 0.717) is 15.1 Å². The fourth-order valence-electron chi connectivity index (χ4n) is 1.40. The van der Waals surface area contributed by atoms with Crippen LogP contribution in [0.4, 0.5) is 0 Å². The number of rotatable bonds is 4. The van der Waals surface area contributed by atoms with Crippen LogP contribution < -0.4 is 0 Å². The van der Waals surface area contributed by atoms with Crippen molar-refractivity contribution in [1.29, 1.82) is 0 Å². The van der Waals surface area contributed by atoms with E-state index in [1.807, 2.05) is 0 Å². The van der Waals surface area contributed by atoms with E-state index in [9.17, 15) is 9.59 Å². The lowest BCUT2D eigenvalue weighted by Gasteiger charge is -2.20. The summed E-state index contributed by atoms with van der Waals surface area (Å²) < 4.78 is 5.53. The molecule has 0 atom stereocenters. The van der Waals surface area contributed by atoms with Gasteiger partial charge in [0.1, 0.15) is 5.41 Å². The van der Waals surface area contributed by atoms with Crippen LogP contribution in [0.25, 0.3) is 0 Å². The molecule has 0 unspecified atom stereocenters. The normalized spacial score (nSPS) is 11.2. The number of ketones is 1. The van der Waals surface area contributed by atoms with E-state index >= 15 is 0 Å². The molecule has 0 N–H and O–H groups in total. The van der Waals surface area contributed by atoms with Crippen LogP contribution in [0.5, 0.6) is 0 Å². The van der Waals surface area contributed by atoms with Crippen molar-refractivity contribution in [2.75, 3.05) is 6.61 Å². The molecule has 0 saturated carbocycles. The molecule has 5 heteroatoms. The molecule has 98 valence electrons. The van der Waals surface area contributed by atoms with Crippen molar-refractivity contribution in [3.8, 4) is 0 Å².